The second-order valence-electron chi connectivity index (χ2n) is 5.37. The Morgan fingerprint density at radius 1 is 1.50 bits per heavy atom. The van der Waals surface area contributed by atoms with E-state index < -0.39 is 5.60 Å². The zero-order valence-electron chi connectivity index (χ0n) is 9.02. The molecule has 0 radical (unpaired) electrons. The molecule has 2 rings (SSSR count). The second-order valence-corrected chi connectivity index (χ2v) is 5.37. The van der Waals surface area contributed by atoms with Crippen LogP contribution in [-0.4, -0.2) is 30.8 Å². The minimum atomic E-state index is -0.399. The van der Waals surface area contributed by atoms with Crippen LogP contribution < -0.4 is 10.6 Å². The third-order valence-electron chi connectivity index (χ3n) is 2.83. The van der Waals surface area contributed by atoms with E-state index in [0.717, 1.165) is 19.5 Å². The number of amides is 1. The van der Waals surface area contributed by atoms with E-state index in [1.807, 2.05) is 20.8 Å². The summed E-state index contributed by atoms with van der Waals surface area (Å²) in [5.74, 6) is 0. The molecular formula is C10H18N2O2. The van der Waals surface area contributed by atoms with Gasteiger partial charge in [-0.15, -0.1) is 0 Å². The fraction of sp³-hybridized carbons (Fsp3) is 0.900. The molecule has 1 saturated carbocycles. The molecule has 4 heteroatoms. The molecule has 1 aliphatic heterocycles. The number of carbonyl (C=O) groups excluding carboxylic acids is 1. The Morgan fingerprint density at radius 2 is 2.14 bits per heavy atom. The summed E-state index contributed by atoms with van der Waals surface area (Å²) < 4.78 is 5.18. The fourth-order valence-electron chi connectivity index (χ4n) is 1.84. The highest BCUT2D eigenvalue weighted by Gasteiger charge is 2.59. The van der Waals surface area contributed by atoms with Gasteiger partial charge in [-0.1, -0.05) is 0 Å². The third kappa shape index (κ3) is 1.85. The van der Waals surface area contributed by atoms with Crippen LogP contribution in [0, 0.1) is 5.41 Å². The monoisotopic (exact) mass is 198 g/mol. The first-order valence-corrected chi connectivity index (χ1v) is 5.12. The smallest absolute Gasteiger partial charge is 0.407 e. The van der Waals surface area contributed by atoms with Gasteiger partial charge in [0.2, 0.25) is 0 Å². The van der Waals surface area contributed by atoms with Gasteiger partial charge in [0.05, 0.1) is 0 Å². The van der Waals surface area contributed by atoms with Crippen LogP contribution in [0.1, 0.15) is 27.2 Å². The average Bonchev–Trinajstić information content (AvgIpc) is 2.56. The van der Waals surface area contributed by atoms with E-state index in [0.29, 0.717) is 11.5 Å². The predicted octanol–water partition coefficient (Wildman–Crippen LogP) is 0.873. The van der Waals surface area contributed by atoms with Crippen molar-refractivity contribution in [1.29, 1.82) is 0 Å². The van der Waals surface area contributed by atoms with Crippen LogP contribution >= 0.6 is 0 Å². The highest BCUT2D eigenvalue weighted by molar-refractivity contribution is 5.69. The third-order valence-corrected chi connectivity index (χ3v) is 2.83. The Kier molecular flexibility index (Phi) is 2.00. The van der Waals surface area contributed by atoms with Crippen LogP contribution in [0.4, 0.5) is 4.79 Å². The topological polar surface area (TPSA) is 50.4 Å². The molecule has 1 saturated heterocycles. The number of nitrogens with one attached hydrogen (secondary N) is 2. The Labute approximate surface area is 84.4 Å². The summed E-state index contributed by atoms with van der Waals surface area (Å²) in [6.07, 6.45) is 0.811. The molecule has 1 unspecified atom stereocenters. The Balaban J connectivity index is 1.74. The number of carbonyl (C=O) groups is 1. The molecule has 4 nitrogen and oxygen atoms in total. The van der Waals surface area contributed by atoms with Gasteiger partial charge >= 0.3 is 6.09 Å². The molecule has 0 bridgehead atoms. The van der Waals surface area contributed by atoms with Gasteiger partial charge in [0.15, 0.2) is 0 Å². The van der Waals surface area contributed by atoms with Gasteiger partial charge in [-0.2, -0.15) is 0 Å². The van der Waals surface area contributed by atoms with Crippen molar-refractivity contribution in [2.75, 3.05) is 13.1 Å². The molecule has 1 heterocycles. The summed E-state index contributed by atoms with van der Waals surface area (Å²) in [6, 6.07) is 0.332. The zero-order chi connectivity index (χ0) is 10.4. The van der Waals surface area contributed by atoms with Gasteiger partial charge < -0.3 is 15.4 Å². The first kappa shape index (κ1) is 9.77. The Morgan fingerprint density at radius 3 is 2.50 bits per heavy atom. The van der Waals surface area contributed by atoms with Crippen molar-refractivity contribution in [3.05, 3.63) is 0 Å². The van der Waals surface area contributed by atoms with Crippen LogP contribution in [0.25, 0.3) is 0 Å². The van der Waals surface area contributed by atoms with Gasteiger partial charge in [0.25, 0.3) is 0 Å². The van der Waals surface area contributed by atoms with Crippen LogP contribution in [0.2, 0.25) is 0 Å². The maximum Gasteiger partial charge on any atom is 0.407 e. The maximum atomic E-state index is 11.4. The van der Waals surface area contributed by atoms with Crippen LogP contribution in [0.15, 0.2) is 0 Å². The van der Waals surface area contributed by atoms with Gasteiger partial charge in [-0.05, 0) is 27.2 Å². The van der Waals surface area contributed by atoms with Gasteiger partial charge in [0.1, 0.15) is 5.60 Å². The lowest BCUT2D eigenvalue weighted by Crippen LogP contribution is -2.49. The average molecular weight is 198 g/mol. The molecule has 1 atom stereocenters. The minimum Gasteiger partial charge on any atom is -0.444 e. The standard InChI is InChI=1S/C10H18N2O2/c1-9(2,3)14-8(13)12-7-4-10(7)5-11-6-10/h7,11H,4-6H2,1-3H3,(H,12,13). The molecular weight excluding hydrogens is 180 g/mol. The van der Waals surface area contributed by atoms with Gasteiger partial charge in [-0.25, -0.2) is 4.79 Å². The lowest BCUT2D eigenvalue weighted by molar-refractivity contribution is 0.0511. The number of ether oxygens (including phenoxy) is 1. The van der Waals surface area contributed by atoms with Gasteiger partial charge in [-0.3, -0.25) is 0 Å². The number of alkyl carbamates (subject to hydrolysis) is 1. The van der Waals surface area contributed by atoms with E-state index in [-0.39, 0.29) is 6.09 Å². The summed E-state index contributed by atoms with van der Waals surface area (Å²) in [4.78, 5) is 11.4. The quantitative estimate of drug-likeness (QED) is 0.657. The molecule has 1 spiro atoms. The maximum absolute atomic E-state index is 11.4. The zero-order valence-corrected chi connectivity index (χ0v) is 9.02. The van der Waals surface area contributed by atoms with Gasteiger partial charge in [0, 0.05) is 24.5 Å². The largest absolute Gasteiger partial charge is 0.444 e. The van der Waals surface area contributed by atoms with Crippen molar-refractivity contribution in [2.24, 2.45) is 5.41 Å². The Bertz CT molecular complexity index is 253. The lowest BCUT2D eigenvalue weighted by Gasteiger charge is -2.28. The highest BCUT2D eigenvalue weighted by atomic mass is 16.6. The first-order chi connectivity index (χ1) is 6.41. The van der Waals surface area contributed by atoms with E-state index in [9.17, 15) is 4.79 Å². The normalized spacial score (nSPS) is 28.1. The van der Waals surface area contributed by atoms with Crippen LogP contribution in [-0.2, 0) is 4.74 Å². The fourth-order valence-corrected chi connectivity index (χ4v) is 1.84. The predicted molar refractivity (Wildman–Crippen MR) is 53.1 cm³/mol. The molecule has 2 aliphatic rings. The lowest BCUT2D eigenvalue weighted by atomic mass is 9.99. The summed E-state index contributed by atoms with van der Waals surface area (Å²) in [5, 5.41) is 6.13. The van der Waals surface area contributed by atoms with Crippen molar-refractivity contribution in [3.63, 3.8) is 0 Å². The molecule has 14 heavy (non-hydrogen) atoms. The van der Waals surface area contributed by atoms with Crippen molar-refractivity contribution >= 4 is 6.09 Å². The Hall–Kier alpha value is -0.770. The minimum absolute atomic E-state index is 0.286. The van der Waals surface area contributed by atoms with Crippen LogP contribution in [0.5, 0.6) is 0 Å². The molecule has 1 aliphatic carbocycles. The molecule has 0 aromatic carbocycles. The molecule has 80 valence electrons. The second kappa shape index (κ2) is 2.86. The number of rotatable bonds is 1. The van der Waals surface area contributed by atoms with Crippen LogP contribution in [0.3, 0.4) is 0 Å². The van der Waals surface area contributed by atoms with E-state index in [1.165, 1.54) is 0 Å². The molecule has 0 aromatic heterocycles. The van der Waals surface area contributed by atoms with E-state index in [2.05, 4.69) is 10.6 Å². The number of hydrogen-bond donors (Lipinski definition) is 2. The number of hydrogen-bond acceptors (Lipinski definition) is 3. The highest BCUT2D eigenvalue weighted by Crippen LogP contribution is 2.48. The summed E-state index contributed by atoms with van der Waals surface area (Å²) in [5.41, 5.74) is -0.0269. The first-order valence-electron chi connectivity index (χ1n) is 5.12. The molecule has 1 amide bonds. The van der Waals surface area contributed by atoms with E-state index in [4.69, 9.17) is 4.74 Å². The summed E-state index contributed by atoms with van der Waals surface area (Å²) >= 11 is 0. The SMILES string of the molecule is CC(C)(C)OC(=O)NC1CC12CNC2. The van der Waals surface area contributed by atoms with E-state index >= 15 is 0 Å². The molecule has 2 N–H and O–H groups in total. The molecule has 0 aromatic rings. The van der Waals surface area contributed by atoms with Crippen molar-refractivity contribution in [2.45, 2.75) is 38.8 Å². The summed E-state index contributed by atoms with van der Waals surface area (Å²) in [7, 11) is 0. The summed E-state index contributed by atoms with van der Waals surface area (Å²) in [6.45, 7) is 7.70. The molecule has 2 fully saturated rings. The van der Waals surface area contributed by atoms with Crippen molar-refractivity contribution < 1.29 is 9.53 Å². The van der Waals surface area contributed by atoms with Crippen molar-refractivity contribution in [3.8, 4) is 0 Å². The van der Waals surface area contributed by atoms with E-state index in [1.54, 1.807) is 0 Å². The van der Waals surface area contributed by atoms with Crippen molar-refractivity contribution in [1.82, 2.24) is 10.6 Å².